The fourth-order valence-corrected chi connectivity index (χ4v) is 3.73. The molecule has 0 bridgehead atoms. The maximum atomic E-state index is 14.2. The van der Waals surface area contributed by atoms with Crippen LogP contribution in [0.3, 0.4) is 0 Å². The maximum Gasteiger partial charge on any atom is 0.435 e. The van der Waals surface area contributed by atoms with Crippen molar-refractivity contribution >= 4 is 21.6 Å². The number of aromatic nitrogens is 2. The molecule has 7 nitrogen and oxygen atoms in total. The van der Waals surface area contributed by atoms with E-state index in [1.807, 2.05) is 0 Å². The quantitative estimate of drug-likeness (QED) is 0.477. The van der Waals surface area contributed by atoms with Gasteiger partial charge in [-0.2, -0.15) is 18.3 Å². The third-order valence-corrected chi connectivity index (χ3v) is 5.75. The lowest BCUT2D eigenvalue weighted by Gasteiger charge is -2.11. The first kappa shape index (κ1) is 25.2. The Morgan fingerprint density at radius 1 is 1.12 bits per heavy atom. The van der Waals surface area contributed by atoms with E-state index in [0.29, 0.717) is 5.69 Å². The largest absolute Gasteiger partial charge is 0.435 e. The molecular formula is C22H22F4N4O3S. The van der Waals surface area contributed by atoms with Crippen LogP contribution >= 0.6 is 0 Å². The Morgan fingerprint density at radius 2 is 1.85 bits per heavy atom. The predicted molar refractivity (Wildman–Crippen MR) is 119 cm³/mol. The van der Waals surface area contributed by atoms with Gasteiger partial charge in [0, 0.05) is 11.9 Å². The van der Waals surface area contributed by atoms with E-state index in [-0.39, 0.29) is 35.7 Å². The van der Waals surface area contributed by atoms with Crippen LogP contribution in [0.2, 0.25) is 0 Å². The van der Waals surface area contributed by atoms with Gasteiger partial charge in [0.15, 0.2) is 5.69 Å². The van der Waals surface area contributed by atoms with Crippen LogP contribution in [0.25, 0.3) is 5.69 Å². The van der Waals surface area contributed by atoms with E-state index in [1.54, 1.807) is 31.2 Å². The number of alkyl halides is 3. The van der Waals surface area contributed by atoms with Gasteiger partial charge in [-0.25, -0.2) is 22.3 Å². The molecule has 0 saturated carbocycles. The normalized spacial score (nSPS) is 11.9. The molecule has 0 radical (unpaired) electrons. The van der Waals surface area contributed by atoms with Crippen LogP contribution in [0.1, 0.15) is 22.5 Å². The van der Waals surface area contributed by atoms with Crippen molar-refractivity contribution in [2.75, 3.05) is 17.3 Å². The molecule has 0 unspecified atom stereocenters. The number of benzene rings is 2. The highest BCUT2D eigenvalue weighted by atomic mass is 32.2. The number of urea groups is 1. The summed E-state index contributed by atoms with van der Waals surface area (Å²) in [5, 5.41) is 8.47. The monoisotopic (exact) mass is 498 g/mol. The molecule has 12 heteroatoms. The highest BCUT2D eigenvalue weighted by molar-refractivity contribution is 7.90. The zero-order chi connectivity index (χ0) is 25.1. The molecule has 0 fully saturated rings. The number of hydrogen-bond donors (Lipinski definition) is 2. The van der Waals surface area contributed by atoms with E-state index in [2.05, 4.69) is 15.7 Å². The van der Waals surface area contributed by atoms with Crippen LogP contribution in [0.15, 0.2) is 48.5 Å². The second-order valence-electron chi connectivity index (χ2n) is 7.76. The summed E-state index contributed by atoms with van der Waals surface area (Å²) in [5.74, 6) is -0.903. The number of carbonyl (C=O) groups is 1. The summed E-state index contributed by atoms with van der Waals surface area (Å²) in [6.45, 7) is 1.51. The first-order valence-corrected chi connectivity index (χ1v) is 12.1. The molecule has 34 heavy (non-hydrogen) atoms. The number of rotatable bonds is 7. The van der Waals surface area contributed by atoms with Gasteiger partial charge < -0.3 is 10.6 Å². The van der Waals surface area contributed by atoms with Crippen molar-refractivity contribution in [3.63, 3.8) is 0 Å². The Hall–Kier alpha value is -3.41. The number of halogens is 4. The molecule has 0 aliphatic heterocycles. The molecule has 182 valence electrons. The number of hydrogen-bond acceptors (Lipinski definition) is 4. The molecule has 2 aromatic carbocycles. The zero-order valence-corrected chi connectivity index (χ0v) is 19.1. The Kier molecular flexibility index (Phi) is 7.29. The second-order valence-corrected chi connectivity index (χ2v) is 10.0. The number of nitrogens with zero attached hydrogens (tertiary/aromatic N) is 2. The minimum atomic E-state index is -4.66. The molecule has 2 amide bonds. The Morgan fingerprint density at radius 3 is 2.47 bits per heavy atom. The highest BCUT2D eigenvalue weighted by Crippen LogP contribution is 2.29. The molecule has 0 aliphatic rings. The minimum Gasteiger partial charge on any atom is -0.332 e. The first-order valence-electron chi connectivity index (χ1n) is 10.1. The molecular weight excluding hydrogens is 476 g/mol. The average Bonchev–Trinajstić information content (AvgIpc) is 3.16. The molecule has 0 atom stereocenters. The van der Waals surface area contributed by atoms with E-state index in [1.165, 1.54) is 12.1 Å². The van der Waals surface area contributed by atoms with E-state index < -0.39 is 33.6 Å². The molecule has 1 aromatic heterocycles. The van der Waals surface area contributed by atoms with E-state index >= 15 is 0 Å². The van der Waals surface area contributed by atoms with Gasteiger partial charge in [-0.1, -0.05) is 18.2 Å². The SMILES string of the molecule is Cc1cccc(-n2nc(C(F)(F)F)cc2CNC(=O)Nc2ccc(CCS(C)(=O)=O)c(F)c2)c1. The third kappa shape index (κ3) is 6.80. The van der Waals surface area contributed by atoms with Gasteiger partial charge in [0.2, 0.25) is 0 Å². The van der Waals surface area contributed by atoms with Gasteiger partial charge in [-0.15, -0.1) is 0 Å². The molecule has 2 N–H and O–H groups in total. The van der Waals surface area contributed by atoms with Gasteiger partial charge in [0.05, 0.1) is 23.7 Å². The number of carbonyl (C=O) groups excluding carboxylic acids is 1. The molecule has 3 rings (SSSR count). The Balaban J connectivity index is 1.71. The Bertz CT molecular complexity index is 1300. The van der Waals surface area contributed by atoms with Crippen molar-refractivity contribution in [2.45, 2.75) is 26.1 Å². The van der Waals surface area contributed by atoms with Gasteiger partial charge in [-0.05, 0) is 54.8 Å². The van der Waals surface area contributed by atoms with E-state index in [0.717, 1.165) is 28.6 Å². The molecule has 0 aliphatic carbocycles. The lowest BCUT2D eigenvalue weighted by Crippen LogP contribution is -2.29. The number of amides is 2. The lowest BCUT2D eigenvalue weighted by atomic mass is 10.1. The van der Waals surface area contributed by atoms with Crippen molar-refractivity contribution in [3.8, 4) is 5.69 Å². The first-order chi connectivity index (χ1) is 15.8. The number of nitrogens with one attached hydrogen (secondary N) is 2. The topological polar surface area (TPSA) is 93.1 Å². The minimum absolute atomic E-state index is 0.0123. The summed E-state index contributed by atoms with van der Waals surface area (Å²) in [5.41, 5.74) is 0.493. The van der Waals surface area contributed by atoms with Gasteiger partial charge in [-0.3, -0.25) is 0 Å². The van der Waals surface area contributed by atoms with Crippen LogP contribution in [0.5, 0.6) is 0 Å². The van der Waals surface area contributed by atoms with Crippen molar-refractivity contribution in [3.05, 3.63) is 76.9 Å². The fraction of sp³-hybridized carbons (Fsp3) is 0.273. The van der Waals surface area contributed by atoms with E-state index in [9.17, 15) is 30.8 Å². The molecule has 0 saturated heterocycles. The number of aryl methyl sites for hydroxylation is 2. The van der Waals surface area contributed by atoms with E-state index in [4.69, 9.17) is 0 Å². The van der Waals surface area contributed by atoms with Crippen LogP contribution in [0, 0.1) is 12.7 Å². The van der Waals surface area contributed by atoms with Gasteiger partial charge in [0.25, 0.3) is 0 Å². The Labute approximate surface area is 193 Å². The van der Waals surface area contributed by atoms with Crippen LogP contribution in [-0.2, 0) is 29.0 Å². The van der Waals surface area contributed by atoms with Crippen LogP contribution in [0.4, 0.5) is 28.0 Å². The van der Waals surface area contributed by atoms with Crippen molar-refractivity contribution in [2.24, 2.45) is 0 Å². The predicted octanol–water partition coefficient (Wildman–Crippen LogP) is 4.25. The standard InChI is InChI=1S/C22H22F4N4O3S/c1-14-4-3-5-17(10-14)30-18(12-20(29-30)22(24,25)26)13-27-21(31)28-16-7-6-15(19(23)11-16)8-9-34(2,32)33/h3-7,10-12H,8-9,13H2,1-2H3,(H2,27,28,31). The third-order valence-electron chi connectivity index (χ3n) is 4.80. The summed E-state index contributed by atoms with van der Waals surface area (Å²) < 4.78 is 77.5. The van der Waals surface area contributed by atoms with Gasteiger partial charge in [0.1, 0.15) is 15.7 Å². The molecule has 0 spiro atoms. The van der Waals surface area contributed by atoms with Crippen LogP contribution < -0.4 is 10.6 Å². The van der Waals surface area contributed by atoms with Crippen LogP contribution in [-0.4, -0.2) is 36.2 Å². The molecule has 1 heterocycles. The van der Waals surface area contributed by atoms with Crippen molar-refractivity contribution in [1.29, 1.82) is 0 Å². The number of sulfone groups is 1. The van der Waals surface area contributed by atoms with Crippen molar-refractivity contribution < 1.29 is 30.8 Å². The summed E-state index contributed by atoms with van der Waals surface area (Å²) in [6, 6.07) is 10.6. The molecule has 3 aromatic rings. The summed E-state index contributed by atoms with van der Waals surface area (Å²) in [7, 11) is -3.26. The number of anilines is 1. The summed E-state index contributed by atoms with van der Waals surface area (Å²) in [4.78, 5) is 12.3. The zero-order valence-electron chi connectivity index (χ0n) is 18.3. The highest BCUT2D eigenvalue weighted by Gasteiger charge is 2.35. The lowest BCUT2D eigenvalue weighted by molar-refractivity contribution is -0.141. The summed E-state index contributed by atoms with van der Waals surface area (Å²) in [6.07, 6.45) is -3.63. The smallest absolute Gasteiger partial charge is 0.332 e. The van der Waals surface area contributed by atoms with Crippen molar-refractivity contribution in [1.82, 2.24) is 15.1 Å². The average molecular weight is 499 g/mol. The fourth-order valence-electron chi connectivity index (χ4n) is 3.14. The second kappa shape index (κ2) is 9.84. The summed E-state index contributed by atoms with van der Waals surface area (Å²) >= 11 is 0. The maximum absolute atomic E-state index is 14.2. The van der Waals surface area contributed by atoms with Gasteiger partial charge >= 0.3 is 12.2 Å².